The first kappa shape index (κ1) is 15.6. The maximum atomic E-state index is 11.3. The summed E-state index contributed by atoms with van der Waals surface area (Å²) < 4.78 is 0. The van der Waals surface area contributed by atoms with Crippen molar-refractivity contribution in [2.75, 3.05) is 18.0 Å². The van der Waals surface area contributed by atoms with Crippen LogP contribution in [0.5, 0.6) is 0 Å². The van der Waals surface area contributed by atoms with Crippen LogP contribution < -0.4 is 10.6 Å². The molecule has 1 amide bonds. The van der Waals surface area contributed by atoms with Crippen LogP contribution >= 0.6 is 0 Å². The molecule has 1 aliphatic rings. The Labute approximate surface area is 146 Å². The van der Waals surface area contributed by atoms with Crippen LogP contribution in [0.2, 0.25) is 0 Å². The van der Waals surface area contributed by atoms with Crippen LogP contribution in [0.4, 0.5) is 5.82 Å². The summed E-state index contributed by atoms with van der Waals surface area (Å²) in [6, 6.07) is 9.64. The number of benzene rings is 1. The number of anilines is 1. The van der Waals surface area contributed by atoms with E-state index in [1.807, 2.05) is 0 Å². The second kappa shape index (κ2) is 6.20. The maximum Gasteiger partial charge on any atom is 0.248 e. The minimum absolute atomic E-state index is 0.419. The summed E-state index contributed by atoms with van der Waals surface area (Å²) in [4.78, 5) is 26.2. The monoisotopic (exact) mass is 335 g/mol. The van der Waals surface area contributed by atoms with Crippen molar-refractivity contribution in [3.8, 4) is 0 Å². The third kappa shape index (κ3) is 2.95. The van der Waals surface area contributed by atoms with Crippen LogP contribution in [0.15, 0.2) is 36.5 Å². The number of piperidine rings is 1. The number of aromatic amines is 1. The zero-order valence-corrected chi connectivity index (χ0v) is 14.2. The molecule has 2 aromatic heterocycles. The van der Waals surface area contributed by atoms with Gasteiger partial charge in [-0.1, -0.05) is 12.1 Å². The Bertz CT molecular complexity index is 924. The molecule has 1 saturated heterocycles. The number of hydrogen-bond acceptors (Lipinski definition) is 4. The van der Waals surface area contributed by atoms with Crippen molar-refractivity contribution in [1.29, 1.82) is 0 Å². The van der Waals surface area contributed by atoms with Crippen molar-refractivity contribution in [3.63, 3.8) is 0 Å². The number of pyridine rings is 1. The van der Waals surface area contributed by atoms with Gasteiger partial charge in [0.2, 0.25) is 5.91 Å². The SMILES string of the molecule is Cc1cccc2[nH]c(C3CCN(c4cc(C(N)=O)ccn4)CC3)nc12. The zero-order valence-electron chi connectivity index (χ0n) is 14.2. The van der Waals surface area contributed by atoms with Crippen LogP contribution in [0.3, 0.4) is 0 Å². The van der Waals surface area contributed by atoms with Gasteiger partial charge >= 0.3 is 0 Å². The number of aromatic nitrogens is 3. The highest BCUT2D eigenvalue weighted by Crippen LogP contribution is 2.30. The molecule has 6 nitrogen and oxygen atoms in total. The first-order valence-corrected chi connectivity index (χ1v) is 8.58. The van der Waals surface area contributed by atoms with Gasteiger partial charge in [-0.2, -0.15) is 0 Å². The Morgan fingerprint density at radius 1 is 1.28 bits per heavy atom. The predicted octanol–water partition coefficient (Wildman–Crippen LogP) is 2.75. The van der Waals surface area contributed by atoms with E-state index in [0.717, 1.165) is 48.6 Å². The number of hydrogen-bond donors (Lipinski definition) is 2. The highest BCUT2D eigenvalue weighted by Gasteiger charge is 2.24. The fraction of sp³-hybridized carbons (Fsp3) is 0.316. The minimum Gasteiger partial charge on any atom is -0.366 e. The van der Waals surface area contributed by atoms with Gasteiger partial charge in [-0.25, -0.2) is 9.97 Å². The molecule has 0 atom stereocenters. The smallest absolute Gasteiger partial charge is 0.248 e. The van der Waals surface area contributed by atoms with Gasteiger partial charge in [-0.05, 0) is 43.5 Å². The fourth-order valence-corrected chi connectivity index (χ4v) is 3.51. The highest BCUT2D eigenvalue weighted by molar-refractivity contribution is 5.93. The number of fused-ring (bicyclic) bond motifs is 1. The third-order valence-corrected chi connectivity index (χ3v) is 4.97. The van der Waals surface area contributed by atoms with E-state index in [0.29, 0.717) is 11.5 Å². The summed E-state index contributed by atoms with van der Waals surface area (Å²) >= 11 is 0. The van der Waals surface area contributed by atoms with Crippen molar-refractivity contribution < 1.29 is 4.79 Å². The average molecular weight is 335 g/mol. The molecule has 6 heteroatoms. The normalized spacial score (nSPS) is 15.6. The van der Waals surface area contributed by atoms with Crippen molar-refractivity contribution in [2.45, 2.75) is 25.7 Å². The van der Waals surface area contributed by atoms with Crippen molar-refractivity contribution in [2.24, 2.45) is 5.73 Å². The molecule has 0 saturated carbocycles. The van der Waals surface area contributed by atoms with E-state index in [9.17, 15) is 4.79 Å². The summed E-state index contributed by atoms with van der Waals surface area (Å²) in [7, 11) is 0. The van der Waals surface area contributed by atoms with Crippen LogP contribution in [0.1, 0.15) is 40.5 Å². The van der Waals surface area contributed by atoms with Crippen molar-refractivity contribution in [3.05, 3.63) is 53.5 Å². The van der Waals surface area contributed by atoms with Crippen molar-refractivity contribution in [1.82, 2.24) is 15.0 Å². The molecule has 4 rings (SSSR count). The summed E-state index contributed by atoms with van der Waals surface area (Å²) in [5, 5.41) is 0. The lowest BCUT2D eigenvalue weighted by Gasteiger charge is -2.32. The van der Waals surface area contributed by atoms with Gasteiger partial charge in [0.25, 0.3) is 0 Å². The average Bonchev–Trinajstić information content (AvgIpc) is 3.08. The molecule has 3 N–H and O–H groups in total. The number of carbonyl (C=O) groups is 1. The molecule has 25 heavy (non-hydrogen) atoms. The van der Waals surface area contributed by atoms with Gasteiger partial charge in [0.1, 0.15) is 11.6 Å². The van der Waals surface area contributed by atoms with Crippen LogP contribution in [-0.4, -0.2) is 33.9 Å². The van der Waals surface area contributed by atoms with Crippen LogP contribution in [-0.2, 0) is 0 Å². The molecule has 1 aromatic carbocycles. The van der Waals surface area contributed by atoms with E-state index in [-0.39, 0.29) is 0 Å². The molecule has 0 unspecified atom stereocenters. The number of amides is 1. The van der Waals surface area contributed by atoms with Gasteiger partial charge in [-0.15, -0.1) is 0 Å². The number of nitrogens with one attached hydrogen (secondary N) is 1. The number of nitrogens with zero attached hydrogens (tertiary/aromatic N) is 3. The third-order valence-electron chi connectivity index (χ3n) is 4.97. The Kier molecular flexibility index (Phi) is 3.87. The molecule has 128 valence electrons. The number of para-hydroxylation sites is 1. The van der Waals surface area contributed by atoms with Gasteiger partial charge in [-0.3, -0.25) is 4.79 Å². The molecular weight excluding hydrogens is 314 g/mol. The molecule has 3 heterocycles. The lowest BCUT2D eigenvalue weighted by atomic mass is 9.96. The van der Waals surface area contributed by atoms with E-state index in [2.05, 4.69) is 40.0 Å². The molecule has 3 aromatic rings. The van der Waals surface area contributed by atoms with E-state index >= 15 is 0 Å². The quantitative estimate of drug-likeness (QED) is 0.770. The first-order valence-electron chi connectivity index (χ1n) is 8.58. The second-order valence-electron chi connectivity index (χ2n) is 6.62. The number of H-pyrrole nitrogens is 1. The molecule has 0 bridgehead atoms. The molecule has 0 spiro atoms. The van der Waals surface area contributed by atoms with Crippen LogP contribution in [0, 0.1) is 6.92 Å². The molecule has 1 aliphatic heterocycles. The number of rotatable bonds is 3. The number of nitrogens with two attached hydrogens (primary N) is 1. The van der Waals surface area contributed by atoms with E-state index in [4.69, 9.17) is 10.7 Å². The summed E-state index contributed by atoms with van der Waals surface area (Å²) in [6.45, 7) is 3.86. The largest absolute Gasteiger partial charge is 0.366 e. The molecular formula is C19H21N5O. The van der Waals surface area contributed by atoms with E-state index in [1.54, 1.807) is 18.3 Å². The van der Waals surface area contributed by atoms with Gasteiger partial charge in [0.05, 0.1) is 11.0 Å². The fourth-order valence-electron chi connectivity index (χ4n) is 3.51. The second-order valence-corrected chi connectivity index (χ2v) is 6.62. The Balaban J connectivity index is 1.50. The summed E-state index contributed by atoms with van der Waals surface area (Å²) in [6.07, 6.45) is 3.65. The summed E-state index contributed by atoms with van der Waals surface area (Å²) in [5.74, 6) is 1.89. The molecule has 0 radical (unpaired) electrons. The topological polar surface area (TPSA) is 87.9 Å². The summed E-state index contributed by atoms with van der Waals surface area (Å²) in [5.41, 5.74) is 9.23. The standard InChI is InChI=1S/C19H21N5O/c1-12-3-2-4-15-17(12)23-19(22-15)13-6-9-24(10-7-13)16-11-14(18(20)25)5-8-21-16/h2-5,8,11,13H,6-7,9-10H2,1H3,(H2,20,25)(H,22,23). The van der Waals surface area contributed by atoms with E-state index < -0.39 is 5.91 Å². The predicted molar refractivity (Wildman–Crippen MR) is 97.8 cm³/mol. The Hall–Kier alpha value is -2.89. The number of carbonyl (C=O) groups excluding carboxylic acids is 1. The van der Waals surface area contributed by atoms with Crippen LogP contribution in [0.25, 0.3) is 11.0 Å². The number of aryl methyl sites for hydroxylation is 1. The molecule has 1 fully saturated rings. The Morgan fingerprint density at radius 2 is 2.08 bits per heavy atom. The van der Waals surface area contributed by atoms with Crippen molar-refractivity contribution >= 4 is 22.8 Å². The highest BCUT2D eigenvalue weighted by atomic mass is 16.1. The van der Waals surface area contributed by atoms with Gasteiger partial charge in [0.15, 0.2) is 0 Å². The lowest BCUT2D eigenvalue weighted by molar-refractivity contribution is 0.1000. The Morgan fingerprint density at radius 3 is 2.80 bits per heavy atom. The maximum absolute atomic E-state index is 11.3. The zero-order chi connectivity index (χ0) is 17.4. The lowest BCUT2D eigenvalue weighted by Crippen LogP contribution is -2.34. The molecule has 0 aliphatic carbocycles. The van der Waals surface area contributed by atoms with Gasteiger partial charge in [0, 0.05) is 30.8 Å². The minimum atomic E-state index is -0.420. The number of primary amides is 1. The number of imidazole rings is 1. The first-order chi connectivity index (χ1) is 12.1. The van der Waals surface area contributed by atoms with E-state index in [1.165, 1.54) is 5.56 Å². The van der Waals surface area contributed by atoms with Gasteiger partial charge < -0.3 is 15.6 Å².